The third-order valence-electron chi connectivity index (χ3n) is 11.0. The standard InChI is InChI=1S/C54H48N4O/c1-54(2,3)41-31-32-55-52(34-41)58-33-17-28-47-48(40-22-11-6-12-23-40)36-44(37-51(47)58)59-43-25-15-24-42(35-43)56-49-29-13-14-30-50(49)57-53-45(38-18-7-4-8-19-38)26-16-27-46(53)39-20-9-5-10-21-39/h4-16,18-27,29-32,34-37,56-57H,17,28,33H2,1-3H3. The summed E-state index contributed by atoms with van der Waals surface area (Å²) in [4.78, 5) is 7.26. The van der Waals surface area contributed by atoms with Crippen molar-refractivity contribution in [2.45, 2.75) is 39.0 Å². The molecule has 0 spiro atoms. The molecule has 0 aliphatic carbocycles. The van der Waals surface area contributed by atoms with Gasteiger partial charge in [-0.3, -0.25) is 0 Å². The lowest BCUT2D eigenvalue weighted by molar-refractivity contribution is 0.482. The van der Waals surface area contributed by atoms with Crippen molar-refractivity contribution in [2.75, 3.05) is 22.1 Å². The normalized spacial score (nSPS) is 12.4. The lowest BCUT2D eigenvalue weighted by atomic mass is 9.87. The molecule has 0 radical (unpaired) electrons. The highest BCUT2D eigenvalue weighted by Crippen LogP contribution is 2.44. The van der Waals surface area contributed by atoms with Crippen LogP contribution in [0.5, 0.6) is 11.5 Å². The first-order valence-corrected chi connectivity index (χ1v) is 20.5. The van der Waals surface area contributed by atoms with Crippen LogP contribution >= 0.6 is 0 Å². The molecular formula is C54H48N4O. The van der Waals surface area contributed by atoms with Gasteiger partial charge in [0.05, 0.1) is 17.1 Å². The van der Waals surface area contributed by atoms with E-state index >= 15 is 0 Å². The molecule has 0 saturated carbocycles. The maximum Gasteiger partial charge on any atom is 0.133 e. The van der Waals surface area contributed by atoms with E-state index in [0.29, 0.717) is 0 Å². The Balaban J connectivity index is 1.05. The van der Waals surface area contributed by atoms with E-state index in [2.05, 4.69) is 206 Å². The fourth-order valence-corrected chi connectivity index (χ4v) is 8.04. The van der Waals surface area contributed by atoms with Crippen LogP contribution in [0.4, 0.5) is 34.3 Å². The van der Waals surface area contributed by atoms with E-state index in [9.17, 15) is 0 Å². The van der Waals surface area contributed by atoms with Crippen molar-refractivity contribution in [3.63, 3.8) is 0 Å². The van der Waals surface area contributed by atoms with Crippen LogP contribution in [0.3, 0.4) is 0 Å². The first-order chi connectivity index (χ1) is 28.9. The highest BCUT2D eigenvalue weighted by Gasteiger charge is 2.25. The number of rotatable bonds is 10. The summed E-state index contributed by atoms with van der Waals surface area (Å²) in [6.07, 6.45) is 3.98. The Morgan fingerprint density at radius 1 is 0.542 bits per heavy atom. The zero-order chi connectivity index (χ0) is 40.2. The molecule has 7 aromatic carbocycles. The van der Waals surface area contributed by atoms with Crippen LogP contribution in [-0.2, 0) is 11.8 Å². The summed E-state index contributed by atoms with van der Waals surface area (Å²) >= 11 is 0. The van der Waals surface area contributed by atoms with E-state index in [1.54, 1.807) is 0 Å². The average Bonchev–Trinajstić information content (AvgIpc) is 3.27. The second kappa shape index (κ2) is 16.4. The quantitative estimate of drug-likeness (QED) is 0.145. The van der Waals surface area contributed by atoms with Crippen LogP contribution < -0.4 is 20.3 Å². The second-order valence-corrected chi connectivity index (χ2v) is 16.1. The Morgan fingerprint density at radius 2 is 1.14 bits per heavy atom. The number of para-hydroxylation sites is 3. The third kappa shape index (κ3) is 8.19. The van der Waals surface area contributed by atoms with Gasteiger partial charge in [0.25, 0.3) is 0 Å². The molecule has 0 atom stereocenters. The number of aromatic nitrogens is 1. The Bertz CT molecular complexity index is 2650. The number of benzene rings is 7. The van der Waals surface area contributed by atoms with Gasteiger partial charge in [-0.15, -0.1) is 0 Å². The summed E-state index contributed by atoms with van der Waals surface area (Å²) in [5.74, 6) is 2.50. The molecule has 1 aliphatic rings. The summed E-state index contributed by atoms with van der Waals surface area (Å²) in [6.45, 7) is 7.64. The molecule has 59 heavy (non-hydrogen) atoms. The van der Waals surface area contributed by atoms with Crippen LogP contribution in [0.1, 0.15) is 38.3 Å². The van der Waals surface area contributed by atoms with Crippen molar-refractivity contribution in [2.24, 2.45) is 0 Å². The van der Waals surface area contributed by atoms with Crippen molar-refractivity contribution in [1.29, 1.82) is 0 Å². The van der Waals surface area contributed by atoms with Gasteiger partial charge in [0.15, 0.2) is 0 Å². The largest absolute Gasteiger partial charge is 0.457 e. The van der Waals surface area contributed by atoms with Gasteiger partial charge in [-0.05, 0) is 94.1 Å². The number of pyridine rings is 1. The van der Waals surface area contributed by atoms with Crippen LogP contribution in [0.25, 0.3) is 33.4 Å². The van der Waals surface area contributed by atoms with E-state index in [4.69, 9.17) is 9.72 Å². The van der Waals surface area contributed by atoms with Gasteiger partial charge in [0.1, 0.15) is 17.3 Å². The predicted molar refractivity (Wildman–Crippen MR) is 247 cm³/mol. The van der Waals surface area contributed by atoms with Gasteiger partial charge in [-0.25, -0.2) is 4.98 Å². The van der Waals surface area contributed by atoms with Gasteiger partial charge < -0.3 is 20.3 Å². The highest BCUT2D eigenvalue weighted by molar-refractivity contribution is 5.94. The van der Waals surface area contributed by atoms with Crippen LogP contribution in [0.2, 0.25) is 0 Å². The SMILES string of the molecule is CC(C)(C)c1ccnc(N2CCCc3c(-c4ccccc4)cc(Oc4cccc(Nc5ccccc5Nc5c(-c6ccccc6)cccc5-c5ccccc5)c4)cc32)c1. The molecule has 5 heteroatoms. The van der Waals surface area contributed by atoms with E-state index in [1.165, 1.54) is 22.3 Å². The van der Waals surface area contributed by atoms with Crippen molar-refractivity contribution in [3.8, 4) is 44.9 Å². The number of anilines is 6. The Morgan fingerprint density at radius 3 is 1.78 bits per heavy atom. The fraction of sp³-hybridized carbons (Fsp3) is 0.130. The molecule has 290 valence electrons. The van der Waals surface area contributed by atoms with E-state index in [-0.39, 0.29) is 5.41 Å². The molecule has 0 saturated heterocycles. The highest BCUT2D eigenvalue weighted by atomic mass is 16.5. The summed E-state index contributed by atoms with van der Waals surface area (Å²) in [7, 11) is 0. The molecular weight excluding hydrogens is 721 g/mol. The summed E-state index contributed by atoms with van der Waals surface area (Å²) in [6, 6.07) is 63.6. The minimum Gasteiger partial charge on any atom is -0.457 e. The smallest absolute Gasteiger partial charge is 0.133 e. The Kier molecular flexibility index (Phi) is 10.4. The lowest BCUT2D eigenvalue weighted by Crippen LogP contribution is -2.26. The van der Waals surface area contributed by atoms with Gasteiger partial charge in [-0.1, -0.05) is 148 Å². The molecule has 8 aromatic rings. The molecule has 9 rings (SSSR count). The van der Waals surface area contributed by atoms with Gasteiger partial charge in [0.2, 0.25) is 0 Å². The van der Waals surface area contributed by atoms with E-state index < -0.39 is 0 Å². The van der Waals surface area contributed by atoms with Gasteiger partial charge in [0, 0.05) is 47.4 Å². The molecule has 1 aliphatic heterocycles. The van der Waals surface area contributed by atoms with Crippen molar-refractivity contribution in [3.05, 3.63) is 199 Å². The van der Waals surface area contributed by atoms with Gasteiger partial charge >= 0.3 is 0 Å². The van der Waals surface area contributed by atoms with E-state index in [1.807, 2.05) is 18.3 Å². The molecule has 2 heterocycles. The molecule has 2 N–H and O–H groups in total. The molecule has 0 fully saturated rings. The molecule has 1 aromatic heterocycles. The zero-order valence-electron chi connectivity index (χ0n) is 33.8. The van der Waals surface area contributed by atoms with Crippen molar-refractivity contribution in [1.82, 2.24) is 4.98 Å². The first-order valence-electron chi connectivity index (χ1n) is 20.5. The van der Waals surface area contributed by atoms with Crippen LogP contribution in [-0.4, -0.2) is 11.5 Å². The van der Waals surface area contributed by atoms with Gasteiger partial charge in [-0.2, -0.15) is 0 Å². The molecule has 5 nitrogen and oxygen atoms in total. The minimum atomic E-state index is 0.0177. The number of nitrogens with one attached hydrogen (secondary N) is 2. The number of fused-ring (bicyclic) bond motifs is 1. The maximum absolute atomic E-state index is 6.80. The van der Waals surface area contributed by atoms with E-state index in [0.717, 1.165) is 87.4 Å². The third-order valence-corrected chi connectivity index (χ3v) is 11.0. The lowest BCUT2D eigenvalue weighted by Gasteiger charge is -2.33. The zero-order valence-corrected chi connectivity index (χ0v) is 33.8. The van der Waals surface area contributed by atoms with Crippen LogP contribution in [0.15, 0.2) is 188 Å². The monoisotopic (exact) mass is 768 g/mol. The number of nitrogens with zero attached hydrogens (tertiary/aromatic N) is 2. The topological polar surface area (TPSA) is 49.4 Å². The maximum atomic E-state index is 6.80. The summed E-state index contributed by atoms with van der Waals surface area (Å²) < 4.78 is 6.80. The molecule has 0 bridgehead atoms. The summed E-state index contributed by atoms with van der Waals surface area (Å²) in [5, 5.41) is 7.57. The molecule has 0 unspecified atom stereocenters. The first kappa shape index (κ1) is 37.5. The number of hydrogen-bond donors (Lipinski definition) is 2. The second-order valence-electron chi connectivity index (χ2n) is 16.1. The number of ether oxygens (including phenoxy) is 1. The Hall–Kier alpha value is -7.11. The van der Waals surface area contributed by atoms with Crippen molar-refractivity contribution >= 4 is 34.3 Å². The predicted octanol–water partition coefficient (Wildman–Crippen LogP) is 14.7. The molecule has 0 amide bonds. The number of hydrogen-bond acceptors (Lipinski definition) is 5. The Labute approximate surface area is 348 Å². The van der Waals surface area contributed by atoms with Crippen molar-refractivity contribution < 1.29 is 4.74 Å². The van der Waals surface area contributed by atoms with Crippen LogP contribution in [0, 0.1) is 0 Å². The average molecular weight is 769 g/mol. The fourth-order valence-electron chi connectivity index (χ4n) is 8.04. The minimum absolute atomic E-state index is 0.0177. The summed E-state index contributed by atoms with van der Waals surface area (Å²) in [5.41, 5.74) is 14.6.